The molecular weight excluding hydrogens is 292 g/mol. The monoisotopic (exact) mass is 322 g/mol. The van der Waals surface area contributed by atoms with Gasteiger partial charge in [-0.15, -0.1) is 0 Å². The summed E-state index contributed by atoms with van der Waals surface area (Å²) in [6, 6.07) is 6.07. The molecule has 1 aromatic carbocycles. The van der Waals surface area contributed by atoms with E-state index in [0.717, 1.165) is 30.9 Å². The molecule has 0 aliphatic carbocycles. The molecule has 0 aliphatic heterocycles. The van der Waals surface area contributed by atoms with Crippen LogP contribution in [0.4, 0.5) is 11.4 Å². The first-order chi connectivity index (χ1) is 11.1. The van der Waals surface area contributed by atoms with Crippen LogP contribution in [-0.2, 0) is 20.7 Å². The van der Waals surface area contributed by atoms with Gasteiger partial charge in [0.05, 0.1) is 13.2 Å². The molecule has 23 heavy (non-hydrogen) atoms. The molecule has 0 unspecified atom stereocenters. The van der Waals surface area contributed by atoms with E-state index in [0.29, 0.717) is 26.4 Å². The van der Waals surface area contributed by atoms with Crippen molar-refractivity contribution in [3.05, 3.63) is 23.8 Å². The minimum atomic E-state index is -0.0598. The zero-order valence-corrected chi connectivity index (χ0v) is 14.9. The Bertz CT molecular complexity index is 467. The lowest BCUT2D eigenvalue weighted by Gasteiger charge is -2.27. The van der Waals surface area contributed by atoms with Crippen LogP contribution in [0.1, 0.15) is 33.3 Å². The highest BCUT2D eigenvalue weighted by Crippen LogP contribution is 2.25. The Morgan fingerprint density at radius 3 is 2.17 bits per heavy atom. The van der Waals surface area contributed by atoms with Gasteiger partial charge in [0.1, 0.15) is 0 Å². The third-order valence-electron chi connectivity index (χ3n) is 3.55. The summed E-state index contributed by atoms with van der Waals surface area (Å²) >= 11 is 0. The standard InChI is InChI=1S/C18H30N2O3/c1-5-16-8-9-17(19-15(4)21)14-18(16)20(10-12-22-6-2)11-13-23-7-3/h8-9,14H,5-7,10-13H2,1-4H3,(H,19,21). The van der Waals surface area contributed by atoms with E-state index in [2.05, 4.69) is 23.2 Å². The van der Waals surface area contributed by atoms with Gasteiger partial charge in [0, 0.05) is 44.6 Å². The number of anilines is 2. The molecule has 1 rings (SSSR count). The van der Waals surface area contributed by atoms with Gasteiger partial charge in [-0.2, -0.15) is 0 Å². The summed E-state index contributed by atoms with van der Waals surface area (Å²) in [5.74, 6) is -0.0598. The van der Waals surface area contributed by atoms with Crippen molar-refractivity contribution in [2.75, 3.05) is 49.7 Å². The van der Waals surface area contributed by atoms with Crippen LogP contribution in [0.2, 0.25) is 0 Å². The van der Waals surface area contributed by atoms with Crippen LogP contribution in [0.25, 0.3) is 0 Å². The molecule has 0 aliphatic rings. The summed E-state index contributed by atoms with van der Waals surface area (Å²) in [5.41, 5.74) is 3.22. The predicted molar refractivity (Wildman–Crippen MR) is 95.3 cm³/mol. The van der Waals surface area contributed by atoms with E-state index in [1.165, 1.54) is 12.5 Å². The molecule has 0 heterocycles. The predicted octanol–water partition coefficient (Wildman–Crippen LogP) is 3.09. The molecule has 0 spiro atoms. The highest BCUT2D eigenvalue weighted by atomic mass is 16.5. The maximum Gasteiger partial charge on any atom is 0.221 e. The van der Waals surface area contributed by atoms with Gasteiger partial charge < -0.3 is 19.7 Å². The average Bonchev–Trinajstić information content (AvgIpc) is 2.53. The van der Waals surface area contributed by atoms with E-state index in [4.69, 9.17) is 9.47 Å². The number of nitrogens with one attached hydrogen (secondary N) is 1. The van der Waals surface area contributed by atoms with E-state index in [1.807, 2.05) is 26.0 Å². The van der Waals surface area contributed by atoms with Crippen LogP contribution in [0.5, 0.6) is 0 Å². The highest BCUT2D eigenvalue weighted by Gasteiger charge is 2.12. The second kappa shape index (κ2) is 11.0. The van der Waals surface area contributed by atoms with Gasteiger partial charge in [0.2, 0.25) is 5.91 Å². The van der Waals surface area contributed by atoms with Crippen LogP contribution in [-0.4, -0.2) is 45.4 Å². The molecule has 130 valence electrons. The fourth-order valence-corrected chi connectivity index (χ4v) is 2.43. The molecule has 5 heteroatoms. The molecule has 0 saturated heterocycles. The van der Waals surface area contributed by atoms with Crippen LogP contribution < -0.4 is 10.2 Å². The SMILES string of the molecule is CCOCCN(CCOCC)c1cc(NC(C)=O)ccc1CC. The Morgan fingerprint density at radius 2 is 1.70 bits per heavy atom. The number of carbonyl (C=O) groups excluding carboxylic acids is 1. The topological polar surface area (TPSA) is 50.8 Å². The van der Waals surface area contributed by atoms with E-state index in [9.17, 15) is 4.79 Å². The first-order valence-electron chi connectivity index (χ1n) is 8.43. The Labute approximate surface area is 140 Å². The molecule has 0 radical (unpaired) electrons. The quantitative estimate of drug-likeness (QED) is 0.636. The molecule has 1 N–H and O–H groups in total. The molecule has 1 amide bonds. The number of amides is 1. The van der Waals surface area contributed by atoms with Crippen molar-refractivity contribution >= 4 is 17.3 Å². The Kier molecular flexibility index (Phi) is 9.33. The summed E-state index contributed by atoms with van der Waals surface area (Å²) in [6.07, 6.45) is 0.940. The van der Waals surface area contributed by atoms with Crippen molar-refractivity contribution in [3.63, 3.8) is 0 Å². The fourth-order valence-electron chi connectivity index (χ4n) is 2.43. The first kappa shape index (κ1) is 19.5. The zero-order chi connectivity index (χ0) is 17.1. The van der Waals surface area contributed by atoms with Gasteiger partial charge in [-0.3, -0.25) is 4.79 Å². The van der Waals surface area contributed by atoms with Crippen LogP contribution >= 0.6 is 0 Å². The molecule has 0 fully saturated rings. The lowest BCUT2D eigenvalue weighted by molar-refractivity contribution is -0.114. The smallest absolute Gasteiger partial charge is 0.221 e. The van der Waals surface area contributed by atoms with Crippen LogP contribution in [0.3, 0.4) is 0 Å². The van der Waals surface area contributed by atoms with Crippen molar-refractivity contribution in [3.8, 4) is 0 Å². The summed E-state index contributed by atoms with van der Waals surface area (Å²) in [4.78, 5) is 13.6. The van der Waals surface area contributed by atoms with Crippen molar-refractivity contribution in [1.82, 2.24) is 0 Å². The Morgan fingerprint density at radius 1 is 1.09 bits per heavy atom. The number of benzene rings is 1. The summed E-state index contributed by atoms with van der Waals surface area (Å²) in [6.45, 7) is 12.0. The largest absolute Gasteiger partial charge is 0.380 e. The number of ether oxygens (including phenoxy) is 2. The van der Waals surface area contributed by atoms with E-state index in [1.54, 1.807) is 0 Å². The maximum absolute atomic E-state index is 11.3. The van der Waals surface area contributed by atoms with Crippen molar-refractivity contribution in [1.29, 1.82) is 0 Å². The lowest BCUT2D eigenvalue weighted by atomic mass is 10.1. The minimum absolute atomic E-state index is 0.0598. The molecule has 0 aromatic heterocycles. The average molecular weight is 322 g/mol. The van der Waals surface area contributed by atoms with Crippen molar-refractivity contribution in [2.45, 2.75) is 34.1 Å². The number of hydrogen-bond acceptors (Lipinski definition) is 4. The summed E-state index contributed by atoms with van der Waals surface area (Å²) in [5, 5.41) is 2.86. The number of aryl methyl sites for hydroxylation is 1. The van der Waals surface area contributed by atoms with Gasteiger partial charge in [-0.1, -0.05) is 13.0 Å². The second-order valence-electron chi connectivity index (χ2n) is 5.26. The fraction of sp³-hybridized carbons (Fsp3) is 0.611. The summed E-state index contributed by atoms with van der Waals surface area (Å²) < 4.78 is 11.0. The van der Waals surface area contributed by atoms with Gasteiger partial charge in [-0.05, 0) is 38.0 Å². The number of rotatable bonds is 11. The minimum Gasteiger partial charge on any atom is -0.380 e. The third kappa shape index (κ3) is 7.01. The van der Waals surface area contributed by atoms with Gasteiger partial charge in [0.15, 0.2) is 0 Å². The highest BCUT2D eigenvalue weighted by molar-refractivity contribution is 5.89. The van der Waals surface area contributed by atoms with Crippen molar-refractivity contribution in [2.24, 2.45) is 0 Å². The molecule has 0 atom stereocenters. The second-order valence-corrected chi connectivity index (χ2v) is 5.26. The Balaban J connectivity index is 2.96. The normalized spacial score (nSPS) is 10.6. The van der Waals surface area contributed by atoms with E-state index in [-0.39, 0.29) is 5.91 Å². The van der Waals surface area contributed by atoms with Crippen LogP contribution in [0.15, 0.2) is 18.2 Å². The van der Waals surface area contributed by atoms with Crippen LogP contribution in [0, 0.1) is 0 Å². The van der Waals surface area contributed by atoms with E-state index >= 15 is 0 Å². The molecule has 0 bridgehead atoms. The molecule has 1 aromatic rings. The lowest BCUT2D eigenvalue weighted by Crippen LogP contribution is -2.32. The first-order valence-corrected chi connectivity index (χ1v) is 8.43. The summed E-state index contributed by atoms with van der Waals surface area (Å²) in [7, 11) is 0. The number of nitrogens with zero attached hydrogens (tertiary/aromatic N) is 1. The van der Waals surface area contributed by atoms with Gasteiger partial charge >= 0.3 is 0 Å². The van der Waals surface area contributed by atoms with Crippen molar-refractivity contribution < 1.29 is 14.3 Å². The number of carbonyl (C=O) groups is 1. The molecule has 0 saturated carbocycles. The maximum atomic E-state index is 11.3. The zero-order valence-electron chi connectivity index (χ0n) is 14.9. The number of hydrogen-bond donors (Lipinski definition) is 1. The third-order valence-corrected chi connectivity index (χ3v) is 3.55. The van der Waals surface area contributed by atoms with E-state index < -0.39 is 0 Å². The Hall–Kier alpha value is -1.59. The van der Waals surface area contributed by atoms with Gasteiger partial charge in [-0.25, -0.2) is 0 Å². The van der Waals surface area contributed by atoms with Gasteiger partial charge in [0.25, 0.3) is 0 Å². The molecular formula is C18H30N2O3. The molecule has 5 nitrogen and oxygen atoms in total.